The van der Waals surface area contributed by atoms with Crippen LogP contribution >= 0.6 is 11.6 Å². The molecule has 18 heavy (non-hydrogen) atoms. The molecule has 0 bridgehead atoms. The molecule has 0 radical (unpaired) electrons. The first-order chi connectivity index (χ1) is 8.74. The van der Waals surface area contributed by atoms with Crippen molar-refractivity contribution in [2.75, 3.05) is 0 Å². The SMILES string of the molecule is NCc1ccc(Oc2ccccc2CO)c(Cl)c1. The number of ether oxygens (including phenoxy) is 1. The molecule has 0 aliphatic carbocycles. The van der Waals surface area contributed by atoms with E-state index in [-0.39, 0.29) is 6.61 Å². The number of nitrogens with two attached hydrogens (primary N) is 1. The van der Waals surface area contributed by atoms with Crippen LogP contribution in [0.5, 0.6) is 11.5 Å². The van der Waals surface area contributed by atoms with Gasteiger partial charge in [0.05, 0.1) is 11.6 Å². The van der Waals surface area contributed by atoms with Gasteiger partial charge in [-0.15, -0.1) is 0 Å². The molecular weight excluding hydrogens is 250 g/mol. The first-order valence-electron chi connectivity index (χ1n) is 5.59. The highest BCUT2D eigenvalue weighted by molar-refractivity contribution is 6.32. The van der Waals surface area contributed by atoms with Gasteiger partial charge in [-0.1, -0.05) is 35.9 Å². The van der Waals surface area contributed by atoms with Gasteiger partial charge in [-0.25, -0.2) is 0 Å². The molecule has 0 unspecified atom stereocenters. The van der Waals surface area contributed by atoms with Gasteiger partial charge in [0.2, 0.25) is 0 Å². The van der Waals surface area contributed by atoms with E-state index in [2.05, 4.69) is 0 Å². The van der Waals surface area contributed by atoms with Crippen LogP contribution in [0.4, 0.5) is 0 Å². The van der Waals surface area contributed by atoms with Crippen LogP contribution in [0.25, 0.3) is 0 Å². The highest BCUT2D eigenvalue weighted by Crippen LogP contribution is 2.31. The Hall–Kier alpha value is -1.55. The average molecular weight is 264 g/mol. The van der Waals surface area contributed by atoms with Crippen molar-refractivity contribution in [3.8, 4) is 11.5 Å². The largest absolute Gasteiger partial charge is 0.455 e. The normalized spacial score (nSPS) is 10.4. The van der Waals surface area contributed by atoms with Crippen molar-refractivity contribution in [3.05, 3.63) is 58.6 Å². The Morgan fingerprint density at radius 1 is 1.11 bits per heavy atom. The number of benzene rings is 2. The van der Waals surface area contributed by atoms with Gasteiger partial charge < -0.3 is 15.6 Å². The molecule has 2 aromatic carbocycles. The summed E-state index contributed by atoms with van der Waals surface area (Å²) in [6.45, 7) is 0.363. The molecule has 3 nitrogen and oxygen atoms in total. The first-order valence-corrected chi connectivity index (χ1v) is 5.97. The predicted molar refractivity (Wildman–Crippen MR) is 71.8 cm³/mol. The Balaban J connectivity index is 2.28. The van der Waals surface area contributed by atoms with Crippen molar-refractivity contribution in [2.45, 2.75) is 13.2 Å². The summed E-state index contributed by atoms with van der Waals surface area (Å²) in [5.74, 6) is 1.15. The summed E-state index contributed by atoms with van der Waals surface area (Å²) in [6, 6.07) is 12.7. The van der Waals surface area contributed by atoms with E-state index >= 15 is 0 Å². The van der Waals surface area contributed by atoms with Crippen LogP contribution in [0.15, 0.2) is 42.5 Å². The molecule has 3 N–H and O–H groups in total. The molecule has 0 fully saturated rings. The average Bonchev–Trinajstić information content (AvgIpc) is 2.41. The van der Waals surface area contributed by atoms with E-state index in [9.17, 15) is 5.11 Å². The number of halogens is 1. The molecule has 0 amide bonds. The van der Waals surface area contributed by atoms with E-state index < -0.39 is 0 Å². The second-order valence-electron chi connectivity index (χ2n) is 3.84. The van der Waals surface area contributed by atoms with Crippen molar-refractivity contribution < 1.29 is 9.84 Å². The molecule has 0 atom stereocenters. The lowest BCUT2D eigenvalue weighted by Gasteiger charge is -2.11. The van der Waals surface area contributed by atoms with E-state index in [1.807, 2.05) is 18.2 Å². The zero-order valence-electron chi connectivity index (χ0n) is 9.77. The van der Waals surface area contributed by atoms with E-state index in [0.717, 1.165) is 11.1 Å². The van der Waals surface area contributed by atoms with Gasteiger partial charge in [-0.2, -0.15) is 0 Å². The van der Waals surface area contributed by atoms with Crippen molar-refractivity contribution in [1.82, 2.24) is 0 Å². The van der Waals surface area contributed by atoms with Crippen molar-refractivity contribution >= 4 is 11.6 Å². The summed E-state index contributed by atoms with van der Waals surface area (Å²) in [5, 5.41) is 9.72. The number of aliphatic hydroxyl groups excluding tert-OH is 1. The van der Waals surface area contributed by atoms with E-state index in [1.165, 1.54) is 0 Å². The Bertz CT molecular complexity index is 543. The number of aliphatic hydroxyl groups is 1. The second-order valence-corrected chi connectivity index (χ2v) is 4.24. The lowest BCUT2D eigenvalue weighted by Crippen LogP contribution is -1.97. The van der Waals surface area contributed by atoms with Crippen LogP contribution < -0.4 is 10.5 Å². The lowest BCUT2D eigenvalue weighted by atomic mass is 10.2. The van der Waals surface area contributed by atoms with Crippen molar-refractivity contribution in [3.63, 3.8) is 0 Å². The van der Waals surface area contributed by atoms with Gasteiger partial charge in [0.25, 0.3) is 0 Å². The maximum absolute atomic E-state index is 9.22. The van der Waals surface area contributed by atoms with Crippen LogP contribution in [0.3, 0.4) is 0 Å². The van der Waals surface area contributed by atoms with Crippen molar-refractivity contribution in [1.29, 1.82) is 0 Å². The van der Waals surface area contributed by atoms with Crippen LogP contribution in [0, 0.1) is 0 Å². The zero-order chi connectivity index (χ0) is 13.0. The summed E-state index contributed by atoms with van der Waals surface area (Å²) in [5.41, 5.74) is 7.20. The topological polar surface area (TPSA) is 55.5 Å². The maximum Gasteiger partial charge on any atom is 0.146 e. The molecule has 4 heteroatoms. The number of hydrogen-bond acceptors (Lipinski definition) is 3. The van der Waals surface area contributed by atoms with Crippen molar-refractivity contribution in [2.24, 2.45) is 5.73 Å². The summed E-state index contributed by atoms with van der Waals surface area (Å²) in [6.07, 6.45) is 0. The van der Waals surface area contributed by atoms with Crippen LogP contribution in [-0.4, -0.2) is 5.11 Å². The third-order valence-corrected chi connectivity index (χ3v) is 2.89. The zero-order valence-corrected chi connectivity index (χ0v) is 10.5. The molecule has 0 heterocycles. The van der Waals surface area contributed by atoms with Crippen LogP contribution in [-0.2, 0) is 13.2 Å². The fourth-order valence-corrected chi connectivity index (χ4v) is 1.85. The molecule has 0 aliphatic heterocycles. The standard InChI is InChI=1S/C14H14ClNO2/c15-12-7-10(8-16)5-6-14(12)18-13-4-2-1-3-11(13)9-17/h1-7,17H,8-9,16H2. The minimum atomic E-state index is -0.0747. The Kier molecular flexibility index (Phi) is 4.20. The molecule has 2 aromatic rings. The number of rotatable bonds is 4. The van der Waals surface area contributed by atoms with Gasteiger partial charge in [-0.05, 0) is 23.8 Å². The smallest absolute Gasteiger partial charge is 0.146 e. The fourth-order valence-electron chi connectivity index (χ4n) is 1.61. The minimum absolute atomic E-state index is 0.0747. The summed E-state index contributed by atoms with van der Waals surface area (Å²) < 4.78 is 5.70. The quantitative estimate of drug-likeness (QED) is 0.891. The molecule has 2 rings (SSSR count). The minimum Gasteiger partial charge on any atom is -0.455 e. The predicted octanol–water partition coefficient (Wildman–Crippen LogP) is 3.08. The van der Waals surface area contributed by atoms with Crippen LogP contribution in [0.1, 0.15) is 11.1 Å². The number of para-hydroxylation sites is 1. The lowest BCUT2D eigenvalue weighted by molar-refractivity contribution is 0.276. The molecule has 0 aliphatic rings. The summed E-state index contributed by atoms with van der Waals surface area (Å²) in [4.78, 5) is 0. The highest BCUT2D eigenvalue weighted by Gasteiger charge is 2.07. The Morgan fingerprint density at radius 2 is 1.89 bits per heavy atom. The maximum atomic E-state index is 9.22. The highest BCUT2D eigenvalue weighted by atomic mass is 35.5. The summed E-state index contributed by atoms with van der Waals surface area (Å²) in [7, 11) is 0. The Labute approximate surface area is 111 Å². The monoisotopic (exact) mass is 263 g/mol. The fraction of sp³-hybridized carbons (Fsp3) is 0.143. The summed E-state index contributed by atoms with van der Waals surface area (Å²) >= 11 is 6.11. The Morgan fingerprint density at radius 3 is 2.56 bits per heavy atom. The molecular formula is C14H14ClNO2. The number of hydrogen-bond donors (Lipinski definition) is 2. The molecule has 0 saturated carbocycles. The molecule has 0 aromatic heterocycles. The van der Waals surface area contributed by atoms with Gasteiger partial charge in [0.1, 0.15) is 11.5 Å². The van der Waals surface area contributed by atoms with E-state index in [0.29, 0.717) is 23.1 Å². The van der Waals surface area contributed by atoms with E-state index in [4.69, 9.17) is 22.1 Å². The molecule has 94 valence electrons. The third-order valence-electron chi connectivity index (χ3n) is 2.59. The van der Waals surface area contributed by atoms with Gasteiger partial charge in [0, 0.05) is 12.1 Å². The first kappa shape index (κ1) is 12.9. The van der Waals surface area contributed by atoms with Gasteiger partial charge >= 0.3 is 0 Å². The van der Waals surface area contributed by atoms with Gasteiger partial charge in [0.15, 0.2) is 0 Å². The molecule has 0 saturated heterocycles. The van der Waals surface area contributed by atoms with Crippen LogP contribution in [0.2, 0.25) is 5.02 Å². The molecule has 0 spiro atoms. The van der Waals surface area contributed by atoms with Gasteiger partial charge in [-0.3, -0.25) is 0 Å². The van der Waals surface area contributed by atoms with E-state index in [1.54, 1.807) is 24.3 Å². The second kappa shape index (κ2) is 5.87. The third kappa shape index (κ3) is 2.82.